The largest absolute Gasteiger partial charge is 0.342 e. The van der Waals surface area contributed by atoms with Crippen LogP contribution < -0.4 is 0 Å². The molecule has 4 nitrogen and oxygen atoms in total. The van der Waals surface area contributed by atoms with Crippen LogP contribution in [0.4, 0.5) is 0 Å². The molecular weight excluding hydrogens is 298 g/mol. The van der Waals surface area contributed by atoms with E-state index < -0.39 is 0 Å². The van der Waals surface area contributed by atoms with E-state index in [1.54, 1.807) is 6.20 Å². The van der Waals surface area contributed by atoms with E-state index in [1.165, 1.54) is 0 Å². The van der Waals surface area contributed by atoms with Crippen LogP contribution in [0.5, 0.6) is 0 Å². The standard InChI is InChI=1S/C17H20ClN3O/c1-13-19-8-11-20(13)10-7-17(22)21-9-6-14(12-21)15-4-2-3-5-16(15)18/h2-5,8,11,14H,6-7,9-10,12H2,1H3/t14-/m0/s1. The average Bonchev–Trinajstić information content (AvgIpc) is 3.14. The zero-order valence-corrected chi connectivity index (χ0v) is 13.5. The Bertz CT molecular complexity index is 667. The number of likely N-dealkylation sites (tertiary alicyclic amines) is 1. The molecule has 0 N–H and O–H groups in total. The molecule has 0 saturated carbocycles. The van der Waals surface area contributed by atoms with E-state index >= 15 is 0 Å². The summed E-state index contributed by atoms with van der Waals surface area (Å²) in [6.07, 6.45) is 5.19. The van der Waals surface area contributed by atoms with Crippen LogP contribution in [0.15, 0.2) is 36.7 Å². The monoisotopic (exact) mass is 317 g/mol. The third-order valence-electron chi connectivity index (χ3n) is 4.38. The normalized spacial score (nSPS) is 17.9. The molecule has 0 radical (unpaired) electrons. The predicted octanol–water partition coefficient (Wildman–Crippen LogP) is 3.25. The highest BCUT2D eigenvalue weighted by molar-refractivity contribution is 6.31. The van der Waals surface area contributed by atoms with Crippen LogP contribution in [0.2, 0.25) is 5.02 Å². The van der Waals surface area contributed by atoms with Crippen LogP contribution in [-0.2, 0) is 11.3 Å². The van der Waals surface area contributed by atoms with Gasteiger partial charge in [0.25, 0.3) is 0 Å². The summed E-state index contributed by atoms with van der Waals surface area (Å²) in [4.78, 5) is 18.5. The maximum atomic E-state index is 12.4. The van der Waals surface area contributed by atoms with Crippen molar-refractivity contribution in [2.45, 2.75) is 32.2 Å². The number of rotatable bonds is 4. The van der Waals surface area contributed by atoms with Gasteiger partial charge in [-0.2, -0.15) is 0 Å². The van der Waals surface area contributed by atoms with E-state index in [-0.39, 0.29) is 5.91 Å². The molecule has 2 heterocycles. The molecular formula is C17H20ClN3O. The second-order valence-corrected chi connectivity index (χ2v) is 6.17. The second kappa shape index (κ2) is 6.53. The summed E-state index contributed by atoms with van der Waals surface area (Å²) in [5, 5.41) is 0.802. The van der Waals surface area contributed by atoms with Gasteiger partial charge in [0.15, 0.2) is 0 Å². The number of hydrogen-bond donors (Lipinski definition) is 0. The van der Waals surface area contributed by atoms with Crippen molar-refractivity contribution < 1.29 is 4.79 Å². The summed E-state index contributed by atoms with van der Waals surface area (Å²) in [6, 6.07) is 7.93. The van der Waals surface area contributed by atoms with Crippen molar-refractivity contribution in [3.8, 4) is 0 Å². The first kappa shape index (κ1) is 15.1. The van der Waals surface area contributed by atoms with Gasteiger partial charge in [-0.15, -0.1) is 0 Å². The molecule has 22 heavy (non-hydrogen) atoms. The maximum Gasteiger partial charge on any atom is 0.224 e. The van der Waals surface area contributed by atoms with Crippen molar-refractivity contribution in [2.24, 2.45) is 0 Å². The van der Waals surface area contributed by atoms with Crippen LogP contribution in [0.25, 0.3) is 0 Å². The number of imidazole rings is 1. The highest BCUT2D eigenvalue weighted by atomic mass is 35.5. The topological polar surface area (TPSA) is 38.1 Å². The molecule has 5 heteroatoms. The molecule has 0 unspecified atom stereocenters. The number of amides is 1. The molecule has 1 saturated heterocycles. The van der Waals surface area contributed by atoms with Crippen LogP contribution in [0, 0.1) is 6.92 Å². The lowest BCUT2D eigenvalue weighted by Crippen LogP contribution is -2.29. The Morgan fingerprint density at radius 1 is 1.41 bits per heavy atom. The smallest absolute Gasteiger partial charge is 0.224 e. The average molecular weight is 318 g/mol. The van der Waals surface area contributed by atoms with Crippen molar-refractivity contribution in [2.75, 3.05) is 13.1 Å². The molecule has 1 atom stereocenters. The quantitative estimate of drug-likeness (QED) is 0.868. The third kappa shape index (κ3) is 3.17. The van der Waals surface area contributed by atoms with E-state index in [0.717, 1.165) is 35.9 Å². The minimum Gasteiger partial charge on any atom is -0.342 e. The van der Waals surface area contributed by atoms with Crippen LogP contribution in [0.1, 0.15) is 30.1 Å². The van der Waals surface area contributed by atoms with E-state index in [1.807, 2.05) is 40.8 Å². The van der Waals surface area contributed by atoms with Crippen LogP contribution in [-0.4, -0.2) is 33.4 Å². The van der Waals surface area contributed by atoms with Gasteiger partial charge in [0.1, 0.15) is 5.82 Å². The van der Waals surface area contributed by atoms with Crippen LogP contribution in [0.3, 0.4) is 0 Å². The first-order valence-corrected chi connectivity index (χ1v) is 8.03. The van der Waals surface area contributed by atoms with Crippen molar-refractivity contribution >= 4 is 17.5 Å². The lowest BCUT2D eigenvalue weighted by Gasteiger charge is -2.17. The number of carbonyl (C=O) groups excluding carboxylic acids is 1. The number of hydrogen-bond acceptors (Lipinski definition) is 2. The molecule has 1 fully saturated rings. The molecule has 3 rings (SSSR count). The summed E-state index contributed by atoms with van der Waals surface area (Å²) in [7, 11) is 0. The maximum absolute atomic E-state index is 12.4. The molecule has 0 bridgehead atoms. The lowest BCUT2D eigenvalue weighted by atomic mass is 9.98. The Labute approximate surface area is 135 Å². The number of aryl methyl sites for hydroxylation is 2. The number of aromatic nitrogens is 2. The van der Waals surface area contributed by atoms with Gasteiger partial charge >= 0.3 is 0 Å². The van der Waals surface area contributed by atoms with Crippen molar-refractivity contribution in [3.63, 3.8) is 0 Å². The molecule has 1 aromatic heterocycles. The molecule has 0 spiro atoms. The number of carbonyl (C=O) groups is 1. The highest BCUT2D eigenvalue weighted by Gasteiger charge is 2.28. The molecule has 1 aliphatic heterocycles. The van der Waals surface area contributed by atoms with Gasteiger partial charge in [-0.3, -0.25) is 4.79 Å². The molecule has 1 amide bonds. The predicted molar refractivity (Wildman–Crippen MR) is 87.0 cm³/mol. The Morgan fingerprint density at radius 2 is 2.23 bits per heavy atom. The second-order valence-electron chi connectivity index (χ2n) is 5.76. The summed E-state index contributed by atoms with van der Waals surface area (Å²) >= 11 is 6.26. The van der Waals surface area contributed by atoms with Crippen LogP contribution >= 0.6 is 11.6 Å². The summed E-state index contributed by atoms with van der Waals surface area (Å²) in [6.45, 7) is 4.23. The summed E-state index contributed by atoms with van der Waals surface area (Å²) in [5.74, 6) is 1.51. The van der Waals surface area contributed by atoms with Crippen molar-refractivity contribution in [3.05, 3.63) is 53.1 Å². The number of nitrogens with zero attached hydrogens (tertiary/aromatic N) is 3. The molecule has 2 aromatic rings. The molecule has 116 valence electrons. The number of halogens is 1. The van der Waals surface area contributed by atoms with Crippen molar-refractivity contribution in [1.29, 1.82) is 0 Å². The Kier molecular flexibility index (Phi) is 4.48. The fourth-order valence-corrected chi connectivity index (χ4v) is 3.35. The number of benzene rings is 1. The van der Waals surface area contributed by atoms with Gasteiger partial charge in [-0.05, 0) is 25.0 Å². The Balaban J connectivity index is 1.57. The van der Waals surface area contributed by atoms with Gasteiger partial charge in [0.2, 0.25) is 5.91 Å². The molecule has 0 aliphatic carbocycles. The fourth-order valence-electron chi connectivity index (χ4n) is 3.06. The minimum atomic E-state index is 0.211. The van der Waals surface area contributed by atoms with E-state index in [2.05, 4.69) is 11.1 Å². The van der Waals surface area contributed by atoms with Crippen molar-refractivity contribution in [1.82, 2.24) is 14.5 Å². The molecule has 1 aliphatic rings. The molecule has 1 aromatic carbocycles. The van der Waals surface area contributed by atoms with Gasteiger partial charge < -0.3 is 9.47 Å². The Morgan fingerprint density at radius 3 is 2.95 bits per heavy atom. The fraction of sp³-hybridized carbons (Fsp3) is 0.412. The summed E-state index contributed by atoms with van der Waals surface area (Å²) in [5.41, 5.74) is 1.16. The SMILES string of the molecule is Cc1nccn1CCC(=O)N1CC[C@H](c2ccccc2Cl)C1. The summed E-state index contributed by atoms with van der Waals surface area (Å²) < 4.78 is 2.01. The van der Waals surface area contributed by atoms with E-state index in [9.17, 15) is 4.79 Å². The Hall–Kier alpha value is -1.81. The third-order valence-corrected chi connectivity index (χ3v) is 4.72. The first-order valence-electron chi connectivity index (χ1n) is 7.65. The lowest BCUT2D eigenvalue weighted by molar-refractivity contribution is -0.130. The van der Waals surface area contributed by atoms with Gasteiger partial charge in [0, 0.05) is 49.4 Å². The minimum absolute atomic E-state index is 0.211. The highest BCUT2D eigenvalue weighted by Crippen LogP contribution is 2.32. The van der Waals surface area contributed by atoms with E-state index in [0.29, 0.717) is 18.9 Å². The van der Waals surface area contributed by atoms with E-state index in [4.69, 9.17) is 11.6 Å². The van der Waals surface area contributed by atoms with Gasteiger partial charge in [0.05, 0.1) is 0 Å². The first-order chi connectivity index (χ1) is 10.6. The van der Waals surface area contributed by atoms with Gasteiger partial charge in [-0.1, -0.05) is 29.8 Å². The zero-order chi connectivity index (χ0) is 15.5. The van der Waals surface area contributed by atoms with Gasteiger partial charge in [-0.25, -0.2) is 4.98 Å². The zero-order valence-electron chi connectivity index (χ0n) is 12.7.